The van der Waals surface area contributed by atoms with Gasteiger partial charge in [0, 0.05) is 36.8 Å². The summed E-state index contributed by atoms with van der Waals surface area (Å²) >= 11 is 1.29. The first-order chi connectivity index (χ1) is 9.62. The summed E-state index contributed by atoms with van der Waals surface area (Å²) in [5.74, 6) is 0.872. The number of H-pyrrole nitrogens is 1. The van der Waals surface area contributed by atoms with E-state index in [-0.39, 0.29) is 0 Å². The minimum Gasteiger partial charge on any atom is -0.349 e. The van der Waals surface area contributed by atoms with Gasteiger partial charge in [0.1, 0.15) is 10.0 Å². The summed E-state index contributed by atoms with van der Waals surface area (Å²) in [5, 5.41) is 3.00. The van der Waals surface area contributed by atoms with Gasteiger partial charge in [0.15, 0.2) is 0 Å². The van der Waals surface area contributed by atoms with Crippen LogP contribution in [0.15, 0.2) is 28.7 Å². The van der Waals surface area contributed by atoms with Crippen molar-refractivity contribution in [1.82, 2.24) is 20.0 Å². The third-order valence-corrected chi connectivity index (χ3v) is 5.73. The number of imidazole rings is 1. The molecule has 20 heavy (non-hydrogen) atoms. The Balaban J connectivity index is 1.83. The highest BCUT2D eigenvalue weighted by Gasteiger charge is 2.15. The molecule has 8 heteroatoms. The maximum atomic E-state index is 12.1. The van der Waals surface area contributed by atoms with Crippen LogP contribution in [0, 0.1) is 0 Å². The molecule has 2 rings (SSSR count). The second kappa shape index (κ2) is 6.98. The highest BCUT2D eigenvalue weighted by Crippen LogP contribution is 2.21. The smallest absolute Gasteiger partial charge is 0.250 e. The van der Waals surface area contributed by atoms with Gasteiger partial charge in [-0.1, -0.05) is 0 Å². The molecule has 0 radical (unpaired) electrons. The first-order valence-corrected chi connectivity index (χ1v) is 8.63. The van der Waals surface area contributed by atoms with Gasteiger partial charge in [-0.05, 0) is 25.6 Å². The van der Waals surface area contributed by atoms with Crippen LogP contribution in [0.5, 0.6) is 0 Å². The molecule has 2 aromatic heterocycles. The average molecular weight is 314 g/mol. The molecule has 3 N–H and O–H groups in total. The maximum absolute atomic E-state index is 12.1. The normalized spacial score (nSPS) is 11.8. The van der Waals surface area contributed by atoms with Crippen LogP contribution >= 0.6 is 11.3 Å². The summed E-state index contributed by atoms with van der Waals surface area (Å²) in [7, 11) is -1.55. The largest absolute Gasteiger partial charge is 0.349 e. The Hall–Kier alpha value is -1.22. The van der Waals surface area contributed by atoms with Gasteiger partial charge in [-0.15, -0.1) is 11.3 Å². The lowest BCUT2D eigenvalue weighted by Crippen LogP contribution is -2.24. The van der Waals surface area contributed by atoms with Crippen LogP contribution in [0.2, 0.25) is 0 Å². The standard InChI is InChI=1S/C12H18N4O2S2/c1-13-9-10-4-5-12(19-10)20(17,18)16-6-2-3-11-14-7-8-15-11/h4-5,7-8,13,16H,2-3,6,9H2,1H3,(H,14,15). The number of aryl methyl sites for hydroxylation is 1. The average Bonchev–Trinajstić information content (AvgIpc) is 3.06. The van der Waals surface area contributed by atoms with E-state index in [4.69, 9.17) is 0 Å². The van der Waals surface area contributed by atoms with E-state index in [1.807, 2.05) is 13.1 Å². The first kappa shape index (κ1) is 15.2. The molecule has 0 saturated carbocycles. The van der Waals surface area contributed by atoms with Gasteiger partial charge in [0.25, 0.3) is 0 Å². The summed E-state index contributed by atoms with van der Waals surface area (Å²) < 4.78 is 27.1. The third kappa shape index (κ3) is 4.14. The number of aromatic nitrogens is 2. The molecule has 2 aromatic rings. The fourth-order valence-electron chi connectivity index (χ4n) is 1.74. The molecule has 2 heterocycles. The van der Waals surface area contributed by atoms with Crippen molar-refractivity contribution in [2.75, 3.05) is 13.6 Å². The number of nitrogens with one attached hydrogen (secondary N) is 3. The van der Waals surface area contributed by atoms with Crippen molar-refractivity contribution in [3.8, 4) is 0 Å². The van der Waals surface area contributed by atoms with E-state index in [0.717, 1.165) is 17.1 Å². The molecule has 0 saturated heterocycles. The Morgan fingerprint density at radius 3 is 2.95 bits per heavy atom. The lowest BCUT2D eigenvalue weighted by molar-refractivity contribution is 0.580. The molecule has 6 nitrogen and oxygen atoms in total. The second-order valence-electron chi connectivity index (χ2n) is 4.29. The van der Waals surface area contributed by atoms with Crippen LogP contribution < -0.4 is 10.0 Å². The van der Waals surface area contributed by atoms with Crippen molar-refractivity contribution in [3.05, 3.63) is 35.2 Å². The van der Waals surface area contributed by atoms with Crippen molar-refractivity contribution in [2.45, 2.75) is 23.6 Å². The summed E-state index contributed by atoms with van der Waals surface area (Å²) in [6, 6.07) is 3.48. The van der Waals surface area contributed by atoms with Crippen molar-refractivity contribution >= 4 is 21.4 Å². The Kier molecular flexibility index (Phi) is 5.30. The molecule has 0 aliphatic rings. The molecule has 0 aliphatic heterocycles. The molecule has 110 valence electrons. The predicted molar refractivity (Wildman–Crippen MR) is 79.2 cm³/mol. The minimum atomic E-state index is -3.39. The van der Waals surface area contributed by atoms with Crippen LogP contribution in [0.25, 0.3) is 0 Å². The van der Waals surface area contributed by atoms with E-state index in [2.05, 4.69) is 20.0 Å². The summed E-state index contributed by atoms with van der Waals surface area (Å²) in [4.78, 5) is 8.09. The van der Waals surface area contributed by atoms with Gasteiger partial charge < -0.3 is 10.3 Å². The van der Waals surface area contributed by atoms with Crippen molar-refractivity contribution in [1.29, 1.82) is 0 Å². The van der Waals surface area contributed by atoms with Gasteiger partial charge in [0.2, 0.25) is 10.0 Å². The van der Waals surface area contributed by atoms with Crippen LogP contribution in [-0.4, -0.2) is 32.0 Å². The number of sulfonamides is 1. The van der Waals surface area contributed by atoms with Crippen LogP contribution in [-0.2, 0) is 23.0 Å². The highest BCUT2D eigenvalue weighted by molar-refractivity contribution is 7.91. The van der Waals surface area contributed by atoms with Crippen LogP contribution in [0.1, 0.15) is 17.1 Å². The van der Waals surface area contributed by atoms with Gasteiger partial charge in [-0.2, -0.15) is 0 Å². The highest BCUT2D eigenvalue weighted by atomic mass is 32.2. The Labute approximate surface area is 122 Å². The van der Waals surface area contributed by atoms with Crippen LogP contribution in [0.3, 0.4) is 0 Å². The number of hydrogen-bond acceptors (Lipinski definition) is 5. The van der Waals surface area contributed by atoms with E-state index in [1.54, 1.807) is 18.5 Å². The van der Waals surface area contributed by atoms with Crippen molar-refractivity contribution in [2.24, 2.45) is 0 Å². The topological polar surface area (TPSA) is 86.9 Å². The Bertz CT molecular complexity index is 620. The molecular formula is C12H18N4O2S2. The van der Waals surface area contributed by atoms with E-state index in [9.17, 15) is 8.42 Å². The zero-order valence-electron chi connectivity index (χ0n) is 11.2. The maximum Gasteiger partial charge on any atom is 0.250 e. The molecular weight excluding hydrogens is 296 g/mol. The van der Waals surface area contributed by atoms with E-state index in [0.29, 0.717) is 23.7 Å². The number of nitrogens with zero attached hydrogens (tertiary/aromatic N) is 1. The summed E-state index contributed by atoms with van der Waals surface area (Å²) in [6.45, 7) is 1.08. The van der Waals surface area contributed by atoms with E-state index in [1.165, 1.54) is 11.3 Å². The monoisotopic (exact) mass is 314 g/mol. The molecule has 0 aromatic carbocycles. The molecule has 0 aliphatic carbocycles. The number of hydrogen-bond donors (Lipinski definition) is 3. The Morgan fingerprint density at radius 1 is 1.40 bits per heavy atom. The SMILES string of the molecule is CNCc1ccc(S(=O)(=O)NCCCc2ncc[nH]2)s1. The Morgan fingerprint density at radius 2 is 2.25 bits per heavy atom. The van der Waals surface area contributed by atoms with Crippen molar-refractivity contribution in [3.63, 3.8) is 0 Å². The number of thiophene rings is 1. The second-order valence-corrected chi connectivity index (χ2v) is 7.45. The van der Waals surface area contributed by atoms with Crippen LogP contribution in [0.4, 0.5) is 0 Å². The number of rotatable bonds is 8. The summed E-state index contributed by atoms with van der Waals surface area (Å²) in [6.07, 6.45) is 4.88. The lowest BCUT2D eigenvalue weighted by Gasteiger charge is -2.03. The molecule has 0 amide bonds. The zero-order valence-corrected chi connectivity index (χ0v) is 12.9. The molecule has 0 unspecified atom stereocenters. The summed E-state index contributed by atoms with van der Waals surface area (Å²) in [5.41, 5.74) is 0. The lowest BCUT2D eigenvalue weighted by atomic mass is 10.3. The predicted octanol–water partition coefficient (Wildman–Crippen LogP) is 1.10. The molecule has 0 bridgehead atoms. The molecule has 0 spiro atoms. The van der Waals surface area contributed by atoms with E-state index >= 15 is 0 Å². The van der Waals surface area contributed by atoms with Gasteiger partial charge in [0.05, 0.1) is 0 Å². The van der Waals surface area contributed by atoms with Gasteiger partial charge >= 0.3 is 0 Å². The third-order valence-electron chi connectivity index (χ3n) is 2.69. The fraction of sp³-hybridized carbons (Fsp3) is 0.417. The van der Waals surface area contributed by atoms with E-state index < -0.39 is 10.0 Å². The van der Waals surface area contributed by atoms with Gasteiger partial charge in [-0.25, -0.2) is 18.1 Å². The quantitative estimate of drug-likeness (QED) is 0.637. The fourth-order valence-corrected chi connectivity index (χ4v) is 4.23. The van der Waals surface area contributed by atoms with Crippen molar-refractivity contribution < 1.29 is 8.42 Å². The van der Waals surface area contributed by atoms with Gasteiger partial charge in [-0.3, -0.25) is 0 Å². The first-order valence-electron chi connectivity index (χ1n) is 6.33. The minimum absolute atomic E-state index is 0.362. The number of aromatic amines is 1. The molecule has 0 atom stereocenters. The zero-order chi connectivity index (χ0) is 14.4. The molecule has 0 fully saturated rings.